The largest absolute Gasteiger partial charge is 0.487 e. The van der Waals surface area contributed by atoms with Gasteiger partial charge in [-0.15, -0.1) is 0 Å². The van der Waals surface area contributed by atoms with E-state index in [0.29, 0.717) is 24.5 Å². The molecule has 1 N–H and O–H groups in total. The Hall–Kier alpha value is -1.84. The number of nitriles is 1. The zero-order valence-electron chi connectivity index (χ0n) is 12.1. The lowest BCUT2D eigenvalue weighted by atomic mass is 9.97. The van der Waals surface area contributed by atoms with Crippen LogP contribution >= 0.6 is 11.6 Å². The van der Waals surface area contributed by atoms with Gasteiger partial charge < -0.3 is 10.1 Å². The minimum Gasteiger partial charge on any atom is -0.487 e. The second-order valence-electron chi connectivity index (χ2n) is 4.87. The molecule has 0 aliphatic carbocycles. The van der Waals surface area contributed by atoms with E-state index in [-0.39, 0.29) is 11.4 Å². The van der Waals surface area contributed by atoms with Crippen molar-refractivity contribution in [2.24, 2.45) is 0 Å². The van der Waals surface area contributed by atoms with Crippen LogP contribution in [0.15, 0.2) is 18.2 Å². The minimum atomic E-state index is -0.554. The number of hydrogen-bond acceptors (Lipinski definition) is 5. The highest BCUT2D eigenvalue weighted by Gasteiger charge is 2.20. The van der Waals surface area contributed by atoms with E-state index in [4.69, 9.17) is 21.6 Å². The number of nitro groups is 1. The van der Waals surface area contributed by atoms with Gasteiger partial charge in [-0.3, -0.25) is 10.1 Å². The number of rotatable bonds is 8. The zero-order valence-corrected chi connectivity index (χ0v) is 12.8. The van der Waals surface area contributed by atoms with Crippen molar-refractivity contribution in [2.75, 3.05) is 13.7 Å². The number of nitro benzene ring substituents is 1. The Morgan fingerprint density at radius 2 is 2.24 bits per heavy atom. The van der Waals surface area contributed by atoms with Crippen molar-refractivity contribution in [1.82, 2.24) is 5.32 Å². The summed E-state index contributed by atoms with van der Waals surface area (Å²) in [6.45, 7) is 2.17. The van der Waals surface area contributed by atoms with Gasteiger partial charge in [0.1, 0.15) is 5.54 Å². The van der Waals surface area contributed by atoms with Gasteiger partial charge in [0.05, 0.1) is 17.6 Å². The van der Waals surface area contributed by atoms with Crippen LogP contribution in [0.5, 0.6) is 5.75 Å². The molecule has 1 rings (SSSR count). The van der Waals surface area contributed by atoms with E-state index in [9.17, 15) is 10.1 Å². The Kier molecular flexibility index (Phi) is 6.40. The van der Waals surface area contributed by atoms with E-state index < -0.39 is 10.5 Å². The molecule has 0 fully saturated rings. The summed E-state index contributed by atoms with van der Waals surface area (Å²) in [7, 11) is 1.75. The fraction of sp³-hybridized carbons (Fsp3) is 0.500. The summed E-state index contributed by atoms with van der Waals surface area (Å²) in [6, 6.07) is 6.43. The van der Waals surface area contributed by atoms with Crippen LogP contribution in [0, 0.1) is 21.4 Å². The molecule has 21 heavy (non-hydrogen) atoms. The molecular weight excluding hydrogens is 294 g/mol. The molecule has 0 saturated heterocycles. The molecule has 0 saturated carbocycles. The molecule has 7 heteroatoms. The number of ether oxygens (including phenoxy) is 1. The maximum Gasteiger partial charge on any atom is 0.311 e. The van der Waals surface area contributed by atoms with Gasteiger partial charge in [-0.2, -0.15) is 5.26 Å². The first-order valence-electron chi connectivity index (χ1n) is 6.59. The summed E-state index contributed by atoms with van der Waals surface area (Å²) in [6.07, 6.45) is 2.16. The predicted octanol–water partition coefficient (Wildman–Crippen LogP) is 3.30. The van der Waals surface area contributed by atoms with Crippen LogP contribution in [-0.2, 0) is 0 Å². The first-order chi connectivity index (χ1) is 9.91. The standard InChI is InChI=1S/C14H18ClN3O3/c1-14(10-16,17-2)7-3-4-8-21-13-9-11(15)5-6-12(13)18(19)20/h5-6,9,17H,3-4,7-8H2,1-2H3. The van der Waals surface area contributed by atoms with Crippen molar-refractivity contribution < 1.29 is 9.66 Å². The van der Waals surface area contributed by atoms with Gasteiger partial charge >= 0.3 is 5.69 Å². The Morgan fingerprint density at radius 1 is 1.52 bits per heavy atom. The fourth-order valence-corrected chi connectivity index (χ4v) is 1.92. The van der Waals surface area contributed by atoms with E-state index in [1.54, 1.807) is 7.05 Å². The van der Waals surface area contributed by atoms with E-state index in [1.807, 2.05) is 6.92 Å². The number of benzene rings is 1. The van der Waals surface area contributed by atoms with Crippen LogP contribution < -0.4 is 10.1 Å². The van der Waals surface area contributed by atoms with Crippen molar-refractivity contribution in [2.45, 2.75) is 31.7 Å². The van der Waals surface area contributed by atoms with Crippen LogP contribution in [-0.4, -0.2) is 24.1 Å². The lowest BCUT2D eigenvalue weighted by Crippen LogP contribution is -2.37. The topological polar surface area (TPSA) is 88.2 Å². The van der Waals surface area contributed by atoms with Gasteiger partial charge in [0, 0.05) is 17.2 Å². The second-order valence-corrected chi connectivity index (χ2v) is 5.31. The molecule has 0 aromatic heterocycles. The van der Waals surface area contributed by atoms with Crippen molar-refractivity contribution in [3.63, 3.8) is 0 Å². The Morgan fingerprint density at radius 3 is 2.81 bits per heavy atom. The van der Waals surface area contributed by atoms with E-state index >= 15 is 0 Å². The lowest BCUT2D eigenvalue weighted by Gasteiger charge is -2.20. The maximum absolute atomic E-state index is 10.9. The van der Waals surface area contributed by atoms with Crippen LogP contribution in [0.4, 0.5) is 5.69 Å². The Balaban J connectivity index is 2.49. The van der Waals surface area contributed by atoms with Crippen molar-refractivity contribution in [3.8, 4) is 11.8 Å². The van der Waals surface area contributed by atoms with Gasteiger partial charge in [0.2, 0.25) is 0 Å². The highest BCUT2D eigenvalue weighted by atomic mass is 35.5. The summed E-state index contributed by atoms with van der Waals surface area (Å²) in [5.41, 5.74) is -0.654. The first-order valence-corrected chi connectivity index (χ1v) is 6.96. The summed E-state index contributed by atoms with van der Waals surface area (Å²) in [5, 5.41) is 23.2. The van der Waals surface area contributed by atoms with Crippen molar-refractivity contribution >= 4 is 17.3 Å². The Labute approximate surface area is 128 Å². The number of unbranched alkanes of at least 4 members (excludes halogenated alkanes) is 1. The first kappa shape index (κ1) is 17.2. The third kappa shape index (κ3) is 5.21. The van der Waals surface area contributed by atoms with Gasteiger partial charge in [0.25, 0.3) is 0 Å². The number of halogens is 1. The van der Waals surface area contributed by atoms with Crippen LogP contribution in [0.2, 0.25) is 5.02 Å². The molecule has 6 nitrogen and oxygen atoms in total. The highest BCUT2D eigenvalue weighted by Crippen LogP contribution is 2.30. The molecule has 0 aliphatic heterocycles. The molecule has 0 spiro atoms. The molecule has 1 unspecified atom stereocenters. The third-order valence-electron chi connectivity index (χ3n) is 3.25. The summed E-state index contributed by atoms with van der Waals surface area (Å²) in [5.74, 6) is 0.171. The van der Waals surface area contributed by atoms with E-state index in [0.717, 1.165) is 6.42 Å². The molecule has 0 radical (unpaired) electrons. The summed E-state index contributed by atoms with van der Waals surface area (Å²) < 4.78 is 5.43. The molecule has 1 atom stereocenters. The zero-order chi connectivity index (χ0) is 15.9. The van der Waals surface area contributed by atoms with Crippen molar-refractivity contribution in [3.05, 3.63) is 33.3 Å². The maximum atomic E-state index is 10.9. The van der Waals surface area contributed by atoms with Crippen LogP contribution in [0.1, 0.15) is 26.2 Å². The smallest absolute Gasteiger partial charge is 0.311 e. The summed E-state index contributed by atoms with van der Waals surface area (Å²) in [4.78, 5) is 10.4. The van der Waals surface area contributed by atoms with Crippen LogP contribution in [0.3, 0.4) is 0 Å². The van der Waals surface area contributed by atoms with Gasteiger partial charge in [0.15, 0.2) is 5.75 Å². The second kappa shape index (κ2) is 7.81. The summed E-state index contributed by atoms with van der Waals surface area (Å²) >= 11 is 5.81. The highest BCUT2D eigenvalue weighted by molar-refractivity contribution is 6.30. The SMILES string of the molecule is CNC(C)(C#N)CCCCOc1cc(Cl)ccc1[N+](=O)[O-]. The molecule has 1 aromatic carbocycles. The molecule has 0 aliphatic rings. The molecule has 0 amide bonds. The predicted molar refractivity (Wildman–Crippen MR) is 80.5 cm³/mol. The third-order valence-corrected chi connectivity index (χ3v) is 3.48. The number of nitrogens with one attached hydrogen (secondary N) is 1. The minimum absolute atomic E-state index is 0.100. The molecular formula is C14H18ClN3O3. The average molecular weight is 312 g/mol. The van der Waals surface area contributed by atoms with Gasteiger partial charge in [-0.05, 0) is 39.3 Å². The van der Waals surface area contributed by atoms with Crippen molar-refractivity contribution in [1.29, 1.82) is 5.26 Å². The Bertz CT molecular complexity index is 545. The fourth-order valence-electron chi connectivity index (χ4n) is 1.75. The normalized spacial score (nSPS) is 13.2. The van der Waals surface area contributed by atoms with Gasteiger partial charge in [-0.1, -0.05) is 11.6 Å². The van der Waals surface area contributed by atoms with E-state index in [2.05, 4.69) is 11.4 Å². The lowest BCUT2D eigenvalue weighted by molar-refractivity contribution is -0.385. The quantitative estimate of drug-likeness (QED) is 0.452. The monoisotopic (exact) mass is 311 g/mol. The van der Waals surface area contributed by atoms with Crippen LogP contribution in [0.25, 0.3) is 0 Å². The van der Waals surface area contributed by atoms with E-state index in [1.165, 1.54) is 18.2 Å². The molecule has 1 aromatic rings. The van der Waals surface area contributed by atoms with Gasteiger partial charge in [-0.25, -0.2) is 0 Å². The number of hydrogen-bond donors (Lipinski definition) is 1. The molecule has 114 valence electrons. The molecule has 0 heterocycles. The number of nitrogens with zero attached hydrogens (tertiary/aromatic N) is 2. The molecule has 0 bridgehead atoms. The average Bonchev–Trinajstić information content (AvgIpc) is 2.46.